The molecule has 2 aliphatic carbocycles. The Labute approximate surface area is 340 Å². The summed E-state index contributed by atoms with van der Waals surface area (Å²) in [6.45, 7) is 0. The summed E-state index contributed by atoms with van der Waals surface area (Å²) in [5.41, 5.74) is 18.9. The molecule has 0 N–H and O–H groups in total. The Bertz CT molecular complexity index is 3610. The molecule has 0 saturated carbocycles. The van der Waals surface area contributed by atoms with Gasteiger partial charge in [-0.1, -0.05) is 146 Å². The zero-order valence-corrected chi connectivity index (χ0v) is 31.8. The molecule has 272 valence electrons. The van der Waals surface area contributed by atoms with E-state index in [1.165, 1.54) is 93.9 Å². The Hall–Kier alpha value is -7.68. The third-order valence-electron chi connectivity index (χ3n) is 13.5. The smallest absolute Gasteiger partial charge is 0.135 e. The van der Waals surface area contributed by atoms with E-state index in [-0.39, 0.29) is 0 Å². The van der Waals surface area contributed by atoms with Crippen molar-refractivity contribution in [2.75, 3.05) is 0 Å². The molecular formula is C57H32O2. The van der Waals surface area contributed by atoms with Gasteiger partial charge in [0.2, 0.25) is 0 Å². The van der Waals surface area contributed by atoms with Gasteiger partial charge in [-0.2, -0.15) is 0 Å². The minimum Gasteiger partial charge on any atom is -0.456 e. The van der Waals surface area contributed by atoms with Crippen LogP contribution in [-0.4, -0.2) is 0 Å². The third-order valence-corrected chi connectivity index (χ3v) is 13.5. The van der Waals surface area contributed by atoms with Gasteiger partial charge in [0.1, 0.15) is 22.7 Å². The van der Waals surface area contributed by atoms with Crippen LogP contribution in [0.1, 0.15) is 22.3 Å². The average molecular weight is 749 g/mol. The van der Waals surface area contributed by atoms with E-state index in [1.807, 2.05) is 6.07 Å². The van der Waals surface area contributed by atoms with Gasteiger partial charge in [0.25, 0.3) is 0 Å². The van der Waals surface area contributed by atoms with Crippen molar-refractivity contribution >= 4 is 43.5 Å². The molecule has 0 atom stereocenters. The number of rotatable bonds is 2. The molecule has 0 saturated heterocycles. The fourth-order valence-electron chi connectivity index (χ4n) is 11.1. The molecule has 0 amide bonds. The molecular weight excluding hydrogens is 717 g/mol. The van der Waals surface area contributed by atoms with Crippen molar-refractivity contribution in [2.45, 2.75) is 5.41 Å². The van der Waals surface area contributed by atoms with Crippen LogP contribution in [0.15, 0.2) is 199 Å². The van der Waals surface area contributed by atoms with Crippen molar-refractivity contribution in [3.05, 3.63) is 216 Å². The zero-order valence-electron chi connectivity index (χ0n) is 31.8. The van der Waals surface area contributed by atoms with E-state index in [1.54, 1.807) is 0 Å². The van der Waals surface area contributed by atoms with Crippen LogP contribution >= 0.6 is 0 Å². The van der Waals surface area contributed by atoms with Crippen LogP contribution in [0.3, 0.4) is 0 Å². The van der Waals surface area contributed by atoms with Gasteiger partial charge in [-0.25, -0.2) is 0 Å². The van der Waals surface area contributed by atoms with Gasteiger partial charge in [0.15, 0.2) is 0 Å². The first kappa shape index (κ1) is 31.4. The lowest BCUT2D eigenvalue weighted by atomic mass is 9.69. The molecule has 11 aromatic rings. The van der Waals surface area contributed by atoms with Crippen LogP contribution in [0.5, 0.6) is 11.5 Å². The van der Waals surface area contributed by atoms with Gasteiger partial charge < -0.3 is 9.15 Å². The fraction of sp³-hybridized carbons (Fsp3) is 0.0175. The van der Waals surface area contributed by atoms with Gasteiger partial charge in [0, 0.05) is 21.7 Å². The molecule has 14 rings (SSSR count). The minimum atomic E-state index is -0.527. The first-order valence-corrected chi connectivity index (χ1v) is 20.4. The van der Waals surface area contributed by atoms with Gasteiger partial charge in [-0.15, -0.1) is 0 Å². The first-order chi connectivity index (χ1) is 29.2. The Balaban J connectivity index is 1.08. The highest BCUT2D eigenvalue weighted by Crippen LogP contribution is 2.65. The summed E-state index contributed by atoms with van der Waals surface area (Å²) in [5.74, 6) is 1.81. The summed E-state index contributed by atoms with van der Waals surface area (Å²) in [4.78, 5) is 0. The Kier molecular flexibility index (Phi) is 5.99. The van der Waals surface area contributed by atoms with E-state index in [4.69, 9.17) is 9.15 Å². The topological polar surface area (TPSA) is 22.4 Å². The Morgan fingerprint density at radius 1 is 0.322 bits per heavy atom. The molecule has 2 heterocycles. The predicted octanol–water partition coefficient (Wildman–Crippen LogP) is 15.3. The van der Waals surface area contributed by atoms with Gasteiger partial charge in [-0.3, -0.25) is 0 Å². The van der Waals surface area contributed by atoms with E-state index in [2.05, 4.69) is 188 Å². The van der Waals surface area contributed by atoms with Gasteiger partial charge >= 0.3 is 0 Å². The summed E-state index contributed by atoms with van der Waals surface area (Å²) in [6.07, 6.45) is 0. The van der Waals surface area contributed by atoms with Crippen molar-refractivity contribution < 1.29 is 9.15 Å². The molecule has 0 bridgehead atoms. The quantitative estimate of drug-likeness (QED) is 0.176. The SMILES string of the molecule is c1ccc2c(c1)-c1ccccc1C21c2cc(-c3ccc4c(c3)-c3cccc5cccc(c35)O4)ccc2-c2c1cc1ccccc1c2-c1ccc2oc3ccccc3c2c1. The number of fused-ring (bicyclic) bond motifs is 16. The van der Waals surface area contributed by atoms with Crippen LogP contribution in [-0.2, 0) is 5.41 Å². The molecule has 0 radical (unpaired) electrons. The Morgan fingerprint density at radius 2 is 0.983 bits per heavy atom. The molecule has 3 aliphatic rings. The lowest BCUT2D eigenvalue weighted by molar-refractivity contribution is 0.487. The van der Waals surface area contributed by atoms with Crippen molar-refractivity contribution in [2.24, 2.45) is 0 Å². The van der Waals surface area contributed by atoms with Crippen LogP contribution < -0.4 is 4.74 Å². The monoisotopic (exact) mass is 748 g/mol. The number of ether oxygens (including phenoxy) is 1. The van der Waals surface area contributed by atoms with E-state index >= 15 is 0 Å². The highest BCUT2D eigenvalue weighted by molar-refractivity contribution is 6.13. The second-order valence-electron chi connectivity index (χ2n) is 16.3. The second-order valence-corrected chi connectivity index (χ2v) is 16.3. The molecule has 0 unspecified atom stereocenters. The third kappa shape index (κ3) is 4.00. The largest absolute Gasteiger partial charge is 0.456 e. The first-order valence-electron chi connectivity index (χ1n) is 20.4. The van der Waals surface area contributed by atoms with Crippen molar-refractivity contribution in [1.82, 2.24) is 0 Å². The van der Waals surface area contributed by atoms with E-state index < -0.39 is 5.41 Å². The molecule has 1 spiro atoms. The normalized spacial score (nSPS) is 13.7. The van der Waals surface area contributed by atoms with Crippen LogP contribution in [0.2, 0.25) is 0 Å². The predicted molar refractivity (Wildman–Crippen MR) is 241 cm³/mol. The fourth-order valence-corrected chi connectivity index (χ4v) is 11.1. The summed E-state index contributed by atoms with van der Waals surface area (Å²) in [6, 6.07) is 71.6. The van der Waals surface area contributed by atoms with Gasteiger partial charge in [0.05, 0.1) is 5.41 Å². The van der Waals surface area contributed by atoms with Crippen LogP contribution in [0.25, 0.3) is 99.1 Å². The number of benzene rings is 10. The summed E-state index contributed by atoms with van der Waals surface area (Å²) < 4.78 is 12.9. The maximum absolute atomic E-state index is 6.54. The lowest BCUT2D eigenvalue weighted by Gasteiger charge is -2.31. The number of para-hydroxylation sites is 1. The standard InChI is InChI=1S/C57H32O2/c1-2-14-38-36(11-1)32-49-56(55(38)37-25-28-51-44(30-37)41-17-5-8-21-50(41)58-51)43-26-23-35(31-48(43)57(49)46-19-6-3-15-39(46)40-16-4-7-20-47(40)57)34-24-27-52-45(29-34)42-18-9-12-33-13-10-22-53(59-52)54(33)42/h1-32H. The van der Waals surface area contributed by atoms with Crippen LogP contribution in [0, 0.1) is 0 Å². The lowest BCUT2D eigenvalue weighted by Crippen LogP contribution is -2.26. The maximum Gasteiger partial charge on any atom is 0.135 e. The average Bonchev–Trinajstić information content (AvgIpc) is 3.92. The molecule has 1 aromatic heterocycles. The molecule has 1 aliphatic heterocycles. The Morgan fingerprint density at radius 3 is 1.85 bits per heavy atom. The van der Waals surface area contributed by atoms with Crippen molar-refractivity contribution in [3.63, 3.8) is 0 Å². The molecule has 59 heavy (non-hydrogen) atoms. The van der Waals surface area contributed by atoms with E-state index in [0.717, 1.165) is 39.0 Å². The maximum atomic E-state index is 6.54. The minimum absolute atomic E-state index is 0.527. The van der Waals surface area contributed by atoms with E-state index in [0.29, 0.717) is 0 Å². The summed E-state index contributed by atoms with van der Waals surface area (Å²) in [5, 5.41) is 7.11. The molecule has 2 nitrogen and oxygen atoms in total. The summed E-state index contributed by atoms with van der Waals surface area (Å²) >= 11 is 0. The molecule has 10 aromatic carbocycles. The van der Waals surface area contributed by atoms with Crippen molar-refractivity contribution in [1.29, 1.82) is 0 Å². The summed E-state index contributed by atoms with van der Waals surface area (Å²) in [7, 11) is 0. The molecule has 0 fully saturated rings. The number of furan rings is 1. The number of hydrogen-bond donors (Lipinski definition) is 0. The van der Waals surface area contributed by atoms with E-state index in [9.17, 15) is 0 Å². The number of hydrogen-bond acceptors (Lipinski definition) is 2. The van der Waals surface area contributed by atoms with Crippen molar-refractivity contribution in [3.8, 4) is 67.1 Å². The van der Waals surface area contributed by atoms with Gasteiger partial charge in [-0.05, 0) is 137 Å². The molecule has 2 heteroatoms. The second kappa shape index (κ2) is 11.2. The highest BCUT2D eigenvalue weighted by atomic mass is 16.5. The van der Waals surface area contributed by atoms with Crippen LogP contribution in [0.4, 0.5) is 0 Å². The zero-order chi connectivity index (χ0) is 38.4. The highest BCUT2D eigenvalue weighted by Gasteiger charge is 2.52.